The van der Waals surface area contributed by atoms with Crippen LogP contribution in [0.2, 0.25) is 0 Å². The third kappa shape index (κ3) is 5.78. The second-order valence-corrected chi connectivity index (χ2v) is 7.82. The molecule has 0 radical (unpaired) electrons. The van der Waals surface area contributed by atoms with Gasteiger partial charge in [0.1, 0.15) is 29.0 Å². The van der Waals surface area contributed by atoms with E-state index >= 15 is 0 Å². The Bertz CT molecular complexity index is 1100. The Hall–Kier alpha value is -3.66. The summed E-state index contributed by atoms with van der Waals surface area (Å²) in [6.07, 6.45) is 3.32. The average Bonchev–Trinajstić information content (AvgIpc) is 3.12. The number of carboxylic acids is 1. The van der Waals surface area contributed by atoms with Gasteiger partial charge >= 0.3 is 5.97 Å². The van der Waals surface area contributed by atoms with Crippen molar-refractivity contribution in [2.75, 3.05) is 32.8 Å². The topological polar surface area (TPSA) is 120 Å². The molecule has 0 saturated carbocycles. The molecule has 174 valence electrons. The van der Waals surface area contributed by atoms with E-state index in [1.807, 2.05) is 0 Å². The first kappa shape index (κ1) is 24.0. The quantitative estimate of drug-likeness (QED) is 0.502. The number of nitrogens with one attached hydrogen (secondary N) is 1. The Labute approximate surface area is 194 Å². The number of allylic oxidation sites excluding steroid dienone is 1. The molecule has 0 bridgehead atoms. The summed E-state index contributed by atoms with van der Waals surface area (Å²) in [4.78, 5) is 35.9. The first-order chi connectivity index (χ1) is 15.9. The minimum absolute atomic E-state index is 0.115. The summed E-state index contributed by atoms with van der Waals surface area (Å²) >= 11 is 1.31. The van der Waals surface area contributed by atoms with E-state index in [0.717, 1.165) is 0 Å². The minimum Gasteiger partial charge on any atom is -0.497 e. The number of methoxy groups -OCH3 is 2. The van der Waals surface area contributed by atoms with Crippen LogP contribution in [0.4, 0.5) is 0 Å². The lowest BCUT2D eigenvalue weighted by molar-refractivity contribution is -0.141. The van der Waals surface area contributed by atoms with Gasteiger partial charge in [-0.05, 0) is 36.6 Å². The molecule has 33 heavy (non-hydrogen) atoms. The second-order valence-electron chi connectivity index (χ2n) is 6.91. The highest BCUT2D eigenvalue weighted by atomic mass is 32.2. The van der Waals surface area contributed by atoms with Gasteiger partial charge in [-0.3, -0.25) is 9.59 Å². The molecule has 1 heterocycles. The molecule has 0 spiro atoms. The van der Waals surface area contributed by atoms with Gasteiger partial charge in [0.2, 0.25) is 5.78 Å². The van der Waals surface area contributed by atoms with Gasteiger partial charge in [-0.15, -0.1) is 0 Å². The third-order valence-corrected chi connectivity index (χ3v) is 5.37. The summed E-state index contributed by atoms with van der Waals surface area (Å²) in [5.41, 5.74) is 0.997. The highest BCUT2D eigenvalue weighted by Crippen LogP contribution is 2.36. The number of amides is 1. The summed E-state index contributed by atoms with van der Waals surface area (Å²) in [5, 5.41) is 11.5. The van der Waals surface area contributed by atoms with Crippen molar-refractivity contribution < 1.29 is 38.4 Å². The van der Waals surface area contributed by atoms with Crippen LogP contribution in [-0.2, 0) is 9.59 Å². The Morgan fingerprint density at radius 1 is 1.15 bits per heavy atom. The zero-order valence-corrected chi connectivity index (χ0v) is 19.1. The fraction of sp³-hybridized carbons (Fsp3) is 0.261. The maximum Gasteiger partial charge on any atom is 0.327 e. The van der Waals surface area contributed by atoms with Crippen molar-refractivity contribution in [1.82, 2.24) is 5.32 Å². The van der Waals surface area contributed by atoms with Crippen LogP contribution in [0.5, 0.6) is 23.0 Å². The van der Waals surface area contributed by atoms with E-state index in [-0.39, 0.29) is 23.9 Å². The highest BCUT2D eigenvalue weighted by molar-refractivity contribution is 7.98. The fourth-order valence-corrected chi connectivity index (χ4v) is 3.62. The molecule has 2 N–H and O–H groups in total. The predicted octanol–water partition coefficient (Wildman–Crippen LogP) is 2.63. The zero-order valence-electron chi connectivity index (χ0n) is 18.2. The molecular formula is C23H23NO8S. The van der Waals surface area contributed by atoms with Crippen LogP contribution < -0.4 is 24.3 Å². The summed E-state index contributed by atoms with van der Waals surface area (Å²) in [6.45, 7) is -0.378. The van der Waals surface area contributed by atoms with E-state index in [2.05, 4.69) is 5.32 Å². The van der Waals surface area contributed by atoms with Crippen molar-refractivity contribution in [2.24, 2.45) is 0 Å². The van der Waals surface area contributed by atoms with E-state index in [9.17, 15) is 14.4 Å². The van der Waals surface area contributed by atoms with Crippen LogP contribution in [0.15, 0.2) is 42.2 Å². The summed E-state index contributed by atoms with van der Waals surface area (Å²) < 4.78 is 21.7. The normalized spacial score (nSPS) is 14.3. The molecule has 0 unspecified atom stereocenters. The van der Waals surface area contributed by atoms with E-state index in [4.69, 9.17) is 24.1 Å². The number of fused-ring (bicyclic) bond motifs is 1. The molecule has 0 saturated heterocycles. The molecule has 9 nitrogen and oxygen atoms in total. The van der Waals surface area contributed by atoms with Gasteiger partial charge in [-0.1, -0.05) is 0 Å². The molecule has 10 heteroatoms. The smallest absolute Gasteiger partial charge is 0.327 e. The van der Waals surface area contributed by atoms with E-state index in [1.54, 1.807) is 49.8 Å². The molecular weight excluding hydrogens is 450 g/mol. The molecule has 2 aromatic rings. The number of carboxylic acid groups (broad SMARTS) is 1. The van der Waals surface area contributed by atoms with Crippen molar-refractivity contribution in [3.63, 3.8) is 0 Å². The van der Waals surface area contributed by atoms with Crippen molar-refractivity contribution in [3.8, 4) is 23.0 Å². The van der Waals surface area contributed by atoms with Crippen LogP contribution in [0.1, 0.15) is 15.9 Å². The van der Waals surface area contributed by atoms with Crippen LogP contribution in [0.25, 0.3) is 6.08 Å². The van der Waals surface area contributed by atoms with E-state index < -0.39 is 17.9 Å². The number of hydrogen-bond acceptors (Lipinski definition) is 8. The van der Waals surface area contributed by atoms with Gasteiger partial charge in [0.05, 0.1) is 19.8 Å². The minimum atomic E-state index is -1.12. The number of hydrogen-bond donors (Lipinski definition) is 2. The monoisotopic (exact) mass is 473 g/mol. The van der Waals surface area contributed by atoms with E-state index in [1.165, 1.54) is 24.9 Å². The van der Waals surface area contributed by atoms with Crippen molar-refractivity contribution >= 4 is 35.5 Å². The Morgan fingerprint density at radius 3 is 2.58 bits per heavy atom. The molecule has 0 aliphatic carbocycles. The van der Waals surface area contributed by atoms with Crippen LogP contribution in [0.3, 0.4) is 0 Å². The largest absolute Gasteiger partial charge is 0.497 e. The molecule has 1 aliphatic rings. The number of carbonyl (C=O) groups is 3. The second kappa shape index (κ2) is 10.8. The number of ketones is 1. The number of ether oxygens (including phenoxy) is 4. The van der Waals surface area contributed by atoms with Gasteiger partial charge in [0.25, 0.3) is 5.91 Å². The van der Waals surface area contributed by atoms with Crippen molar-refractivity contribution in [3.05, 3.63) is 53.3 Å². The van der Waals surface area contributed by atoms with E-state index in [0.29, 0.717) is 34.1 Å². The summed E-state index contributed by atoms with van der Waals surface area (Å²) in [7, 11) is 3.06. The van der Waals surface area contributed by atoms with Gasteiger partial charge in [0.15, 0.2) is 12.4 Å². The maximum absolute atomic E-state index is 12.7. The fourth-order valence-electron chi connectivity index (χ4n) is 3.06. The average molecular weight is 474 g/mol. The lowest BCUT2D eigenvalue weighted by Gasteiger charge is -2.13. The summed E-state index contributed by atoms with van der Waals surface area (Å²) in [5.74, 6) is 0.105. The van der Waals surface area contributed by atoms with Crippen molar-refractivity contribution in [2.45, 2.75) is 6.04 Å². The molecule has 2 aromatic carbocycles. The van der Waals surface area contributed by atoms with Gasteiger partial charge in [-0.25, -0.2) is 4.79 Å². The number of carbonyl (C=O) groups excluding carboxylic acids is 2. The molecule has 1 amide bonds. The zero-order chi connectivity index (χ0) is 24.0. The molecule has 1 atom stereocenters. The lowest BCUT2D eigenvalue weighted by atomic mass is 10.1. The maximum atomic E-state index is 12.7. The first-order valence-corrected chi connectivity index (χ1v) is 11.2. The highest BCUT2D eigenvalue weighted by Gasteiger charge is 2.28. The number of benzene rings is 2. The molecule has 0 aromatic heterocycles. The number of thioether (sulfide) groups is 1. The molecule has 0 fully saturated rings. The Morgan fingerprint density at radius 2 is 1.91 bits per heavy atom. The first-order valence-electron chi connectivity index (χ1n) is 9.80. The van der Waals surface area contributed by atoms with Gasteiger partial charge in [-0.2, -0.15) is 11.8 Å². The molecule has 1 aliphatic heterocycles. The Balaban J connectivity index is 1.69. The third-order valence-electron chi connectivity index (χ3n) is 4.71. The van der Waals surface area contributed by atoms with Crippen LogP contribution in [-0.4, -0.2) is 61.6 Å². The number of rotatable bonds is 10. The summed E-state index contributed by atoms with van der Waals surface area (Å²) in [6, 6.07) is 8.78. The standard InChI is InChI=1S/C23H23NO8S/c1-29-14-5-4-13(18(9-14)30-2)8-20-22(26)16-7-6-15(10-19(16)32-20)31-11-21(25)24-17(12-33-3)23(27)28/h4-10,17H,11-12H2,1-3H3,(H,24,25)(H,27,28)/b20-8-/t17-/m0/s1. The molecule has 3 rings (SSSR count). The van der Waals surface area contributed by atoms with Crippen LogP contribution in [0, 0.1) is 0 Å². The van der Waals surface area contributed by atoms with Gasteiger partial charge < -0.3 is 29.4 Å². The number of aliphatic carboxylic acids is 1. The Kier molecular flexibility index (Phi) is 7.83. The number of Topliss-reactive ketones (excluding diaryl/α,β-unsaturated/α-hetero) is 1. The van der Waals surface area contributed by atoms with Crippen molar-refractivity contribution in [1.29, 1.82) is 0 Å². The van der Waals surface area contributed by atoms with Gasteiger partial charge in [0, 0.05) is 23.4 Å². The lowest BCUT2D eigenvalue weighted by Crippen LogP contribution is -2.44. The van der Waals surface area contributed by atoms with Crippen LogP contribution >= 0.6 is 11.8 Å². The predicted molar refractivity (Wildman–Crippen MR) is 122 cm³/mol. The SMILES string of the molecule is COc1ccc(/C=C2\Oc3cc(OCC(=O)N[C@@H](CSC)C(=O)O)ccc3C2=O)c(OC)c1.